The van der Waals surface area contributed by atoms with Crippen LogP contribution in [-0.2, 0) is 0 Å². The molecule has 1 heterocycles. The molecular formula is C13H16N4O. The molecule has 0 radical (unpaired) electrons. The van der Waals surface area contributed by atoms with Crippen LogP contribution in [0.25, 0.3) is 0 Å². The molecule has 2 rings (SSSR count). The van der Waals surface area contributed by atoms with E-state index in [9.17, 15) is 4.79 Å². The van der Waals surface area contributed by atoms with Crippen LogP contribution in [-0.4, -0.2) is 16.2 Å². The molecule has 0 fully saturated rings. The highest BCUT2D eigenvalue weighted by atomic mass is 16.2. The average molecular weight is 244 g/mol. The van der Waals surface area contributed by atoms with Gasteiger partial charge in [0.2, 0.25) is 0 Å². The van der Waals surface area contributed by atoms with Gasteiger partial charge in [0, 0.05) is 17.4 Å². The number of nitrogens with zero attached hydrogens (tertiary/aromatic N) is 1. The van der Waals surface area contributed by atoms with Gasteiger partial charge < -0.3 is 5.32 Å². The first-order chi connectivity index (χ1) is 8.65. The van der Waals surface area contributed by atoms with Gasteiger partial charge in [-0.1, -0.05) is 32.0 Å². The van der Waals surface area contributed by atoms with Crippen LogP contribution in [0.3, 0.4) is 0 Å². The number of hydrogen-bond donors (Lipinski definition) is 3. The Morgan fingerprint density at radius 2 is 1.94 bits per heavy atom. The van der Waals surface area contributed by atoms with E-state index < -0.39 is 0 Å². The lowest BCUT2D eigenvalue weighted by Gasteiger charge is -2.04. The van der Waals surface area contributed by atoms with Crippen molar-refractivity contribution in [2.45, 2.75) is 19.8 Å². The van der Waals surface area contributed by atoms with Crippen molar-refractivity contribution in [3.05, 3.63) is 42.1 Å². The molecular weight excluding hydrogens is 228 g/mol. The second-order valence-corrected chi connectivity index (χ2v) is 4.31. The van der Waals surface area contributed by atoms with Crippen LogP contribution in [0.5, 0.6) is 0 Å². The lowest BCUT2D eigenvalue weighted by molar-refractivity contribution is 0.262. The van der Waals surface area contributed by atoms with E-state index in [2.05, 4.69) is 34.7 Å². The first-order valence-electron chi connectivity index (χ1n) is 5.83. The number of H-pyrrole nitrogens is 1. The molecule has 0 atom stereocenters. The molecule has 0 spiro atoms. The monoisotopic (exact) mass is 244 g/mol. The highest BCUT2D eigenvalue weighted by Crippen LogP contribution is 2.15. The molecule has 1 aromatic carbocycles. The molecule has 1 aromatic heterocycles. The van der Waals surface area contributed by atoms with Crippen LogP contribution in [0.15, 0.2) is 36.4 Å². The molecule has 2 amide bonds. The van der Waals surface area contributed by atoms with Crippen molar-refractivity contribution >= 4 is 17.5 Å². The van der Waals surface area contributed by atoms with E-state index >= 15 is 0 Å². The Labute approximate surface area is 106 Å². The topological polar surface area (TPSA) is 69.8 Å². The van der Waals surface area contributed by atoms with Gasteiger partial charge in [0.25, 0.3) is 0 Å². The number of amides is 2. The number of carbonyl (C=O) groups excluding carboxylic acids is 1. The van der Waals surface area contributed by atoms with Crippen molar-refractivity contribution in [2.24, 2.45) is 0 Å². The van der Waals surface area contributed by atoms with Crippen molar-refractivity contribution in [3.8, 4) is 0 Å². The summed E-state index contributed by atoms with van der Waals surface area (Å²) >= 11 is 0. The molecule has 94 valence electrons. The maximum atomic E-state index is 11.7. The summed E-state index contributed by atoms with van der Waals surface area (Å²) in [6, 6.07) is 10.8. The summed E-state index contributed by atoms with van der Waals surface area (Å²) < 4.78 is 0. The maximum absolute atomic E-state index is 11.7. The minimum atomic E-state index is -0.303. The minimum absolute atomic E-state index is 0.303. The molecule has 18 heavy (non-hydrogen) atoms. The standard InChI is InChI=1S/C13H16N4O/c1-9(2)11-8-12(17-16-11)15-13(18)14-10-6-4-3-5-7-10/h3-9H,1-2H3,(H3,14,15,16,17,18). The SMILES string of the molecule is CC(C)c1cc(NC(=O)Nc2ccccc2)n[nH]1. The van der Waals surface area contributed by atoms with Gasteiger partial charge in [-0.15, -0.1) is 0 Å². The van der Waals surface area contributed by atoms with Crippen LogP contribution in [0.4, 0.5) is 16.3 Å². The zero-order valence-electron chi connectivity index (χ0n) is 10.4. The number of aromatic nitrogens is 2. The average Bonchev–Trinajstić information content (AvgIpc) is 2.78. The Balaban J connectivity index is 1.95. The molecule has 0 unspecified atom stereocenters. The van der Waals surface area contributed by atoms with Crippen LogP contribution in [0, 0.1) is 0 Å². The van der Waals surface area contributed by atoms with Crippen LogP contribution in [0.2, 0.25) is 0 Å². The molecule has 0 saturated heterocycles. The fraction of sp³-hybridized carbons (Fsp3) is 0.231. The lowest BCUT2D eigenvalue weighted by atomic mass is 10.1. The summed E-state index contributed by atoms with van der Waals surface area (Å²) in [7, 11) is 0. The Bertz CT molecular complexity index is 519. The van der Waals surface area contributed by atoms with Crippen LogP contribution in [0.1, 0.15) is 25.5 Å². The fourth-order valence-corrected chi connectivity index (χ4v) is 1.50. The third-order valence-electron chi connectivity index (χ3n) is 2.49. The zero-order chi connectivity index (χ0) is 13.0. The van der Waals surface area contributed by atoms with Crippen molar-refractivity contribution in [1.82, 2.24) is 10.2 Å². The van der Waals surface area contributed by atoms with E-state index in [1.807, 2.05) is 36.4 Å². The molecule has 5 heteroatoms. The van der Waals surface area contributed by atoms with E-state index in [0.717, 1.165) is 11.4 Å². The Morgan fingerprint density at radius 3 is 2.56 bits per heavy atom. The highest BCUT2D eigenvalue weighted by molar-refractivity contribution is 5.99. The number of anilines is 2. The molecule has 2 aromatic rings. The van der Waals surface area contributed by atoms with Gasteiger partial charge in [-0.3, -0.25) is 10.4 Å². The number of para-hydroxylation sites is 1. The number of rotatable bonds is 3. The summed E-state index contributed by atoms with van der Waals surface area (Å²) in [4.78, 5) is 11.7. The zero-order valence-corrected chi connectivity index (χ0v) is 10.4. The summed E-state index contributed by atoms with van der Waals surface area (Å²) in [6.07, 6.45) is 0. The highest BCUT2D eigenvalue weighted by Gasteiger charge is 2.07. The van der Waals surface area contributed by atoms with Gasteiger partial charge in [-0.05, 0) is 18.1 Å². The molecule has 0 saturated carbocycles. The van der Waals surface area contributed by atoms with Gasteiger partial charge in [-0.25, -0.2) is 4.79 Å². The van der Waals surface area contributed by atoms with Crippen LogP contribution >= 0.6 is 0 Å². The first-order valence-corrected chi connectivity index (χ1v) is 5.83. The quantitative estimate of drug-likeness (QED) is 0.776. The minimum Gasteiger partial charge on any atom is -0.308 e. The molecule has 0 aliphatic carbocycles. The van der Waals surface area contributed by atoms with E-state index in [-0.39, 0.29) is 6.03 Å². The van der Waals surface area contributed by atoms with Crippen LogP contribution < -0.4 is 10.6 Å². The number of aromatic amines is 1. The lowest BCUT2D eigenvalue weighted by Crippen LogP contribution is -2.19. The van der Waals surface area contributed by atoms with E-state index in [4.69, 9.17) is 0 Å². The molecule has 0 aliphatic heterocycles. The van der Waals surface area contributed by atoms with Gasteiger partial charge in [0.05, 0.1) is 0 Å². The predicted octanol–water partition coefficient (Wildman–Crippen LogP) is 3.18. The summed E-state index contributed by atoms with van der Waals surface area (Å²) in [5.74, 6) is 0.873. The van der Waals surface area contributed by atoms with E-state index in [1.165, 1.54) is 0 Å². The maximum Gasteiger partial charge on any atom is 0.324 e. The Kier molecular flexibility index (Phi) is 3.62. The van der Waals surface area contributed by atoms with Gasteiger partial charge in [0.15, 0.2) is 5.82 Å². The normalized spacial score (nSPS) is 10.4. The largest absolute Gasteiger partial charge is 0.324 e. The molecule has 3 N–H and O–H groups in total. The van der Waals surface area contributed by atoms with Gasteiger partial charge in [0.1, 0.15) is 0 Å². The first kappa shape index (κ1) is 12.2. The van der Waals surface area contributed by atoms with Crippen molar-refractivity contribution < 1.29 is 4.79 Å². The number of carbonyl (C=O) groups is 1. The van der Waals surface area contributed by atoms with E-state index in [0.29, 0.717) is 11.7 Å². The van der Waals surface area contributed by atoms with Gasteiger partial charge >= 0.3 is 6.03 Å². The van der Waals surface area contributed by atoms with Crippen molar-refractivity contribution in [3.63, 3.8) is 0 Å². The third-order valence-corrected chi connectivity index (χ3v) is 2.49. The second-order valence-electron chi connectivity index (χ2n) is 4.31. The third kappa shape index (κ3) is 3.10. The smallest absolute Gasteiger partial charge is 0.308 e. The predicted molar refractivity (Wildman–Crippen MR) is 71.8 cm³/mol. The second kappa shape index (κ2) is 5.35. The number of urea groups is 1. The van der Waals surface area contributed by atoms with Gasteiger partial charge in [-0.2, -0.15) is 5.10 Å². The van der Waals surface area contributed by atoms with Crippen molar-refractivity contribution in [1.29, 1.82) is 0 Å². The fourth-order valence-electron chi connectivity index (χ4n) is 1.50. The number of benzene rings is 1. The number of hydrogen-bond acceptors (Lipinski definition) is 2. The Morgan fingerprint density at radius 1 is 1.22 bits per heavy atom. The summed E-state index contributed by atoms with van der Waals surface area (Å²) in [5, 5.41) is 12.3. The molecule has 0 bridgehead atoms. The molecule has 0 aliphatic rings. The van der Waals surface area contributed by atoms with Crippen molar-refractivity contribution in [2.75, 3.05) is 10.6 Å². The number of nitrogens with one attached hydrogen (secondary N) is 3. The summed E-state index contributed by atoms with van der Waals surface area (Å²) in [6.45, 7) is 4.11. The molecule has 5 nitrogen and oxygen atoms in total. The summed E-state index contributed by atoms with van der Waals surface area (Å²) in [5.41, 5.74) is 1.74. The van der Waals surface area contributed by atoms with E-state index in [1.54, 1.807) is 0 Å². The Hall–Kier alpha value is -2.30.